The molecule has 0 saturated carbocycles. The zero-order valence-corrected chi connectivity index (χ0v) is 11.1. The first-order valence-electron chi connectivity index (χ1n) is 5.90. The molecule has 2 aromatic rings. The Morgan fingerprint density at radius 1 is 1.32 bits per heavy atom. The van der Waals surface area contributed by atoms with Gasteiger partial charge in [0, 0.05) is 12.3 Å². The summed E-state index contributed by atoms with van der Waals surface area (Å²) in [6.07, 6.45) is 1.70. The molecule has 6 nitrogen and oxygen atoms in total. The molecule has 0 spiro atoms. The summed E-state index contributed by atoms with van der Waals surface area (Å²) in [7, 11) is 0. The Balaban J connectivity index is 2.60. The maximum absolute atomic E-state index is 11.0. The van der Waals surface area contributed by atoms with Crippen LogP contribution in [0.1, 0.15) is 20.8 Å². The molecule has 19 heavy (non-hydrogen) atoms. The number of nitrogens with zero attached hydrogens (tertiary/aromatic N) is 3. The van der Waals surface area contributed by atoms with Gasteiger partial charge in [0.25, 0.3) is 5.69 Å². The van der Waals surface area contributed by atoms with Gasteiger partial charge in [0.15, 0.2) is 0 Å². The molecule has 0 saturated heterocycles. The van der Waals surface area contributed by atoms with E-state index in [1.807, 2.05) is 20.8 Å². The van der Waals surface area contributed by atoms with Gasteiger partial charge in [0.2, 0.25) is 0 Å². The summed E-state index contributed by atoms with van der Waals surface area (Å²) >= 11 is 0. The van der Waals surface area contributed by atoms with Crippen LogP contribution in [0.4, 0.5) is 11.4 Å². The third-order valence-electron chi connectivity index (χ3n) is 2.79. The molecular weight excluding hydrogens is 244 g/mol. The molecule has 0 aliphatic heterocycles. The zero-order valence-electron chi connectivity index (χ0n) is 11.1. The van der Waals surface area contributed by atoms with E-state index in [0.717, 1.165) is 0 Å². The first-order chi connectivity index (χ1) is 8.80. The Kier molecular flexibility index (Phi) is 3.01. The maximum Gasteiger partial charge on any atom is 0.278 e. The predicted octanol–water partition coefficient (Wildman–Crippen LogP) is 2.80. The summed E-state index contributed by atoms with van der Waals surface area (Å²) in [6.45, 7) is 5.97. The second kappa shape index (κ2) is 4.38. The van der Waals surface area contributed by atoms with Gasteiger partial charge in [-0.3, -0.25) is 14.8 Å². The highest BCUT2D eigenvalue weighted by Gasteiger charge is 2.22. The lowest BCUT2D eigenvalue weighted by Crippen LogP contribution is -2.22. The number of rotatable bonds is 2. The van der Waals surface area contributed by atoms with E-state index in [1.165, 1.54) is 6.07 Å². The Morgan fingerprint density at radius 3 is 2.47 bits per heavy atom. The Labute approximate surface area is 111 Å². The van der Waals surface area contributed by atoms with Crippen molar-refractivity contribution >= 4 is 11.4 Å². The number of nitro groups is 1. The molecular formula is C13H16N4O2. The highest BCUT2D eigenvalue weighted by atomic mass is 16.6. The van der Waals surface area contributed by atoms with Crippen LogP contribution >= 0.6 is 0 Å². The molecule has 0 bridgehead atoms. The van der Waals surface area contributed by atoms with E-state index in [1.54, 1.807) is 29.1 Å². The van der Waals surface area contributed by atoms with Crippen LogP contribution in [0, 0.1) is 10.1 Å². The molecule has 2 rings (SSSR count). The average Bonchev–Trinajstić information content (AvgIpc) is 2.71. The number of nitrogens with two attached hydrogens (primary N) is 1. The Bertz CT molecular complexity index is 626. The fraction of sp³-hybridized carbons (Fsp3) is 0.308. The molecule has 1 heterocycles. The molecule has 100 valence electrons. The second-order valence-corrected chi connectivity index (χ2v) is 5.32. The summed E-state index contributed by atoms with van der Waals surface area (Å²) in [5.41, 5.74) is 7.03. The topological polar surface area (TPSA) is 87.0 Å². The minimum atomic E-state index is -0.426. The average molecular weight is 260 g/mol. The first-order valence-corrected chi connectivity index (χ1v) is 5.90. The van der Waals surface area contributed by atoms with Crippen molar-refractivity contribution in [3.63, 3.8) is 0 Å². The van der Waals surface area contributed by atoms with E-state index in [2.05, 4.69) is 5.10 Å². The van der Waals surface area contributed by atoms with Crippen LogP contribution in [-0.4, -0.2) is 14.7 Å². The fourth-order valence-electron chi connectivity index (χ4n) is 1.77. The van der Waals surface area contributed by atoms with Gasteiger partial charge in [0.05, 0.1) is 21.7 Å². The van der Waals surface area contributed by atoms with Crippen molar-refractivity contribution in [1.29, 1.82) is 0 Å². The number of para-hydroxylation sites is 1. The number of hydrogen-bond donors (Lipinski definition) is 1. The van der Waals surface area contributed by atoms with Gasteiger partial charge < -0.3 is 5.73 Å². The van der Waals surface area contributed by atoms with E-state index < -0.39 is 4.92 Å². The molecule has 1 aromatic heterocycles. The Hall–Kier alpha value is -2.37. The second-order valence-electron chi connectivity index (χ2n) is 5.32. The summed E-state index contributed by atoms with van der Waals surface area (Å²) in [4.78, 5) is 10.6. The molecule has 0 fully saturated rings. The van der Waals surface area contributed by atoms with Crippen molar-refractivity contribution in [1.82, 2.24) is 9.78 Å². The van der Waals surface area contributed by atoms with E-state index in [0.29, 0.717) is 16.9 Å². The number of nitrogen functional groups attached to an aromatic ring is 1. The predicted molar refractivity (Wildman–Crippen MR) is 73.7 cm³/mol. The van der Waals surface area contributed by atoms with Crippen molar-refractivity contribution in [2.45, 2.75) is 26.3 Å². The van der Waals surface area contributed by atoms with Crippen LogP contribution in [0.3, 0.4) is 0 Å². The van der Waals surface area contributed by atoms with Crippen molar-refractivity contribution in [2.75, 3.05) is 5.73 Å². The zero-order chi connectivity index (χ0) is 14.2. The summed E-state index contributed by atoms with van der Waals surface area (Å²) < 4.78 is 1.72. The number of benzene rings is 1. The molecule has 0 atom stereocenters. The normalized spacial score (nSPS) is 11.5. The monoisotopic (exact) mass is 260 g/mol. The summed E-state index contributed by atoms with van der Waals surface area (Å²) in [6, 6.07) is 6.46. The number of nitro benzene ring substituents is 1. The molecule has 0 aliphatic rings. The van der Waals surface area contributed by atoms with Gasteiger partial charge in [-0.15, -0.1) is 0 Å². The van der Waals surface area contributed by atoms with Gasteiger partial charge in [-0.1, -0.05) is 12.1 Å². The third kappa shape index (κ3) is 2.42. The minimum Gasteiger partial charge on any atom is -0.396 e. The first kappa shape index (κ1) is 13.1. The summed E-state index contributed by atoms with van der Waals surface area (Å²) in [5, 5.41) is 15.4. The van der Waals surface area contributed by atoms with Gasteiger partial charge in [0.1, 0.15) is 5.69 Å². The van der Waals surface area contributed by atoms with Gasteiger partial charge in [-0.25, -0.2) is 0 Å². The number of hydrogen-bond acceptors (Lipinski definition) is 4. The van der Waals surface area contributed by atoms with Crippen molar-refractivity contribution in [3.8, 4) is 11.3 Å². The summed E-state index contributed by atoms with van der Waals surface area (Å²) in [5.74, 6) is 0. The van der Waals surface area contributed by atoms with E-state index >= 15 is 0 Å². The molecule has 0 radical (unpaired) electrons. The minimum absolute atomic E-state index is 0.00774. The largest absolute Gasteiger partial charge is 0.396 e. The van der Waals surface area contributed by atoms with E-state index in [4.69, 9.17) is 5.73 Å². The molecule has 0 amide bonds. The molecule has 0 aliphatic carbocycles. The van der Waals surface area contributed by atoms with Crippen LogP contribution in [-0.2, 0) is 5.54 Å². The lowest BCUT2D eigenvalue weighted by Gasteiger charge is -2.18. The van der Waals surface area contributed by atoms with Gasteiger partial charge in [-0.2, -0.15) is 5.10 Å². The van der Waals surface area contributed by atoms with Crippen LogP contribution < -0.4 is 5.73 Å². The molecule has 2 N–H and O–H groups in total. The molecule has 6 heteroatoms. The maximum atomic E-state index is 11.0. The quantitative estimate of drug-likeness (QED) is 0.664. The van der Waals surface area contributed by atoms with Crippen LogP contribution in [0.2, 0.25) is 0 Å². The van der Waals surface area contributed by atoms with E-state index in [9.17, 15) is 10.1 Å². The lowest BCUT2D eigenvalue weighted by molar-refractivity contribution is -0.384. The fourth-order valence-corrected chi connectivity index (χ4v) is 1.77. The Morgan fingerprint density at radius 2 is 1.95 bits per heavy atom. The lowest BCUT2D eigenvalue weighted by atomic mass is 10.1. The van der Waals surface area contributed by atoms with E-state index in [-0.39, 0.29) is 11.2 Å². The van der Waals surface area contributed by atoms with Crippen LogP contribution in [0.25, 0.3) is 11.3 Å². The van der Waals surface area contributed by atoms with Gasteiger partial charge >= 0.3 is 0 Å². The molecule has 0 unspecified atom stereocenters. The highest BCUT2D eigenvalue weighted by molar-refractivity contribution is 5.78. The van der Waals surface area contributed by atoms with Crippen molar-refractivity contribution in [3.05, 3.63) is 40.6 Å². The number of anilines is 1. The molecule has 1 aromatic carbocycles. The SMILES string of the molecule is CC(C)(C)n1cc(N)c(-c2ccccc2[N+](=O)[O-])n1. The standard InChI is InChI=1S/C13H16N4O2/c1-13(2,3)16-8-10(14)12(15-16)9-6-4-5-7-11(9)17(18)19/h4-8H,14H2,1-3H3. The van der Waals surface area contributed by atoms with Crippen LogP contribution in [0.5, 0.6) is 0 Å². The smallest absolute Gasteiger partial charge is 0.278 e. The van der Waals surface area contributed by atoms with Crippen molar-refractivity contribution in [2.24, 2.45) is 0 Å². The third-order valence-corrected chi connectivity index (χ3v) is 2.79. The van der Waals surface area contributed by atoms with Crippen LogP contribution in [0.15, 0.2) is 30.5 Å². The van der Waals surface area contributed by atoms with Gasteiger partial charge in [-0.05, 0) is 26.8 Å². The van der Waals surface area contributed by atoms with Crippen molar-refractivity contribution < 1.29 is 4.92 Å². The number of aromatic nitrogens is 2. The highest BCUT2D eigenvalue weighted by Crippen LogP contribution is 2.33.